The normalized spacial score (nSPS) is 11.3. The van der Waals surface area contributed by atoms with Gasteiger partial charge in [-0.25, -0.2) is 0 Å². The maximum Gasteiger partial charge on any atom is 0.248 e. The predicted octanol–water partition coefficient (Wildman–Crippen LogP) is 5.59. The van der Waals surface area contributed by atoms with Crippen molar-refractivity contribution in [2.75, 3.05) is 12.4 Å². The summed E-state index contributed by atoms with van der Waals surface area (Å²) in [6.07, 6.45) is 3.33. The second-order valence-electron chi connectivity index (χ2n) is 6.69. The van der Waals surface area contributed by atoms with Crippen molar-refractivity contribution >= 4 is 17.7 Å². The van der Waals surface area contributed by atoms with Gasteiger partial charge in [0, 0.05) is 17.3 Å². The third-order valence-electron chi connectivity index (χ3n) is 4.17. The van der Waals surface area contributed by atoms with Crippen LogP contribution in [0.25, 0.3) is 6.08 Å². The minimum atomic E-state index is -0.138. The zero-order valence-corrected chi connectivity index (χ0v) is 15.7. The van der Waals surface area contributed by atoms with E-state index >= 15 is 0 Å². The van der Waals surface area contributed by atoms with Crippen LogP contribution in [0.15, 0.2) is 48.5 Å². The molecule has 0 aliphatic rings. The monoisotopic (exact) mass is 337 g/mol. The lowest BCUT2D eigenvalue weighted by atomic mass is 9.92. The number of carbonyl (C=O) groups excluding carboxylic acids is 1. The zero-order chi connectivity index (χ0) is 18.4. The van der Waals surface area contributed by atoms with Gasteiger partial charge in [0.2, 0.25) is 5.91 Å². The third-order valence-corrected chi connectivity index (χ3v) is 4.17. The average molecular weight is 337 g/mol. The molecule has 2 rings (SSSR count). The van der Waals surface area contributed by atoms with E-state index < -0.39 is 0 Å². The maximum absolute atomic E-state index is 12.5. The molecule has 0 saturated heterocycles. The van der Waals surface area contributed by atoms with E-state index in [4.69, 9.17) is 4.74 Å². The van der Waals surface area contributed by atoms with Gasteiger partial charge in [-0.05, 0) is 35.1 Å². The predicted molar refractivity (Wildman–Crippen MR) is 105 cm³/mol. The number of methoxy groups -OCH3 is 1. The van der Waals surface area contributed by atoms with Gasteiger partial charge in [-0.2, -0.15) is 0 Å². The molecule has 0 aliphatic carbocycles. The topological polar surface area (TPSA) is 38.3 Å². The van der Waals surface area contributed by atoms with E-state index in [0.29, 0.717) is 11.8 Å². The Bertz CT molecular complexity index is 734. The van der Waals surface area contributed by atoms with Crippen molar-refractivity contribution in [2.24, 2.45) is 0 Å². The van der Waals surface area contributed by atoms with Crippen LogP contribution in [0.1, 0.15) is 56.2 Å². The summed E-state index contributed by atoms with van der Waals surface area (Å²) in [6.45, 7) is 8.55. The first kappa shape index (κ1) is 18.8. The van der Waals surface area contributed by atoms with Crippen LogP contribution in [0, 0.1) is 0 Å². The Morgan fingerprint density at radius 1 is 0.960 bits per heavy atom. The van der Waals surface area contributed by atoms with Gasteiger partial charge in [0.15, 0.2) is 0 Å². The minimum Gasteiger partial charge on any atom is -0.496 e. The van der Waals surface area contributed by atoms with Crippen molar-refractivity contribution in [2.45, 2.75) is 39.5 Å². The summed E-state index contributed by atoms with van der Waals surface area (Å²) in [6, 6.07) is 13.8. The van der Waals surface area contributed by atoms with Crippen molar-refractivity contribution in [3.8, 4) is 5.75 Å². The zero-order valence-electron chi connectivity index (χ0n) is 15.7. The number of hydrogen-bond acceptors (Lipinski definition) is 2. The van der Waals surface area contributed by atoms with E-state index in [1.165, 1.54) is 0 Å². The summed E-state index contributed by atoms with van der Waals surface area (Å²) in [7, 11) is 1.63. The first-order valence-corrected chi connectivity index (χ1v) is 8.69. The molecule has 132 valence electrons. The molecular formula is C22H27NO2. The molecule has 0 atom stereocenters. The van der Waals surface area contributed by atoms with E-state index in [1.807, 2.05) is 24.3 Å². The summed E-state index contributed by atoms with van der Waals surface area (Å²) < 4.78 is 5.31. The van der Waals surface area contributed by atoms with Gasteiger partial charge in [-0.1, -0.05) is 64.1 Å². The van der Waals surface area contributed by atoms with Crippen LogP contribution < -0.4 is 10.1 Å². The molecular weight excluding hydrogens is 310 g/mol. The molecule has 2 aromatic rings. The van der Waals surface area contributed by atoms with Crippen molar-refractivity contribution in [1.82, 2.24) is 0 Å². The van der Waals surface area contributed by atoms with Crippen molar-refractivity contribution in [3.63, 3.8) is 0 Å². The van der Waals surface area contributed by atoms with Crippen LogP contribution in [-0.4, -0.2) is 13.0 Å². The quantitative estimate of drug-likeness (QED) is 0.697. The number of anilines is 1. The highest BCUT2D eigenvalue weighted by Crippen LogP contribution is 2.32. The number of rotatable bonds is 6. The molecule has 1 amide bonds. The molecule has 3 nitrogen and oxygen atoms in total. The van der Waals surface area contributed by atoms with Crippen LogP contribution in [0.2, 0.25) is 0 Å². The van der Waals surface area contributed by atoms with Gasteiger partial charge in [-0.3, -0.25) is 4.79 Å². The SMILES string of the molecule is COc1ccccc1C=CC(=O)Nc1c(C(C)C)cccc1C(C)C. The van der Waals surface area contributed by atoms with Crippen molar-refractivity contribution in [1.29, 1.82) is 0 Å². The second-order valence-corrected chi connectivity index (χ2v) is 6.69. The number of hydrogen-bond donors (Lipinski definition) is 1. The molecule has 0 aliphatic heterocycles. The molecule has 3 heteroatoms. The molecule has 0 radical (unpaired) electrons. The van der Waals surface area contributed by atoms with E-state index in [-0.39, 0.29) is 5.91 Å². The highest BCUT2D eigenvalue weighted by atomic mass is 16.5. The number of carbonyl (C=O) groups is 1. The van der Waals surface area contributed by atoms with Crippen LogP contribution in [0.5, 0.6) is 5.75 Å². The summed E-state index contributed by atoms with van der Waals surface area (Å²) in [5.41, 5.74) is 4.12. The molecule has 0 aromatic heterocycles. The second kappa shape index (κ2) is 8.52. The van der Waals surface area contributed by atoms with Gasteiger partial charge in [0.25, 0.3) is 0 Å². The fourth-order valence-electron chi connectivity index (χ4n) is 2.83. The van der Waals surface area contributed by atoms with Crippen LogP contribution in [-0.2, 0) is 4.79 Å². The Labute approximate surface area is 150 Å². The van der Waals surface area contributed by atoms with Crippen molar-refractivity contribution in [3.05, 3.63) is 65.2 Å². The molecule has 2 aromatic carbocycles. The Morgan fingerprint density at radius 3 is 2.12 bits per heavy atom. The van der Waals surface area contributed by atoms with Gasteiger partial charge in [-0.15, -0.1) is 0 Å². The van der Waals surface area contributed by atoms with Gasteiger partial charge in [0.1, 0.15) is 5.75 Å². The Hall–Kier alpha value is -2.55. The Kier molecular flexibility index (Phi) is 6.40. The molecule has 25 heavy (non-hydrogen) atoms. The highest BCUT2D eigenvalue weighted by Gasteiger charge is 2.15. The van der Waals surface area contributed by atoms with Crippen LogP contribution >= 0.6 is 0 Å². The van der Waals surface area contributed by atoms with Crippen LogP contribution in [0.3, 0.4) is 0 Å². The van der Waals surface area contributed by atoms with Crippen molar-refractivity contribution < 1.29 is 9.53 Å². The fourth-order valence-corrected chi connectivity index (χ4v) is 2.83. The largest absolute Gasteiger partial charge is 0.496 e. The fraction of sp³-hybridized carbons (Fsp3) is 0.318. The molecule has 0 saturated carbocycles. The maximum atomic E-state index is 12.5. The average Bonchev–Trinajstić information content (AvgIpc) is 2.59. The first-order chi connectivity index (χ1) is 11.9. The summed E-state index contributed by atoms with van der Waals surface area (Å²) in [5.74, 6) is 1.29. The summed E-state index contributed by atoms with van der Waals surface area (Å²) in [5, 5.41) is 3.08. The standard InChI is InChI=1S/C22H27NO2/c1-15(2)18-10-8-11-19(16(3)4)22(18)23-21(24)14-13-17-9-6-7-12-20(17)25-5/h6-16H,1-5H3,(H,23,24). The first-order valence-electron chi connectivity index (χ1n) is 8.69. The number of para-hydroxylation sites is 2. The van der Waals surface area contributed by atoms with E-state index in [9.17, 15) is 4.79 Å². The van der Waals surface area contributed by atoms with E-state index in [2.05, 4.69) is 51.2 Å². The number of amides is 1. The Morgan fingerprint density at radius 2 is 1.56 bits per heavy atom. The third kappa shape index (κ3) is 4.72. The number of ether oxygens (including phenoxy) is 1. The van der Waals surface area contributed by atoms with Gasteiger partial charge < -0.3 is 10.1 Å². The summed E-state index contributed by atoms with van der Waals surface area (Å²) >= 11 is 0. The molecule has 0 fully saturated rings. The lowest BCUT2D eigenvalue weighted by Crippen LogP contribution is -2.13. The molecule has 0 bridgehead atoms. The molecule has 1 N–H and O–H groups in total. The number of benzene rings is 2. The number of nitrogens with one attached hydrogen (secondary N) is 1. The minimum absolute atomic E-state index is 0.138. The van der Waals surface area contributed by atoms with Gasteiger partial charge >= 0.3 is 0 Å². The molecule has 0 heterocycles. The molecule has 0 spiro atoms. The van der Waals surface area contributed by atoms with E-state index in [1.54, 1.807) is 19.3 Å². The summed E-state index contributed by atoms with van der Waals surface area (Å²) in [4.78, 5) is 12.5. The smallest absolute Gasteiger partial charge is 0.248 e. The van der Waals surface area contributed by atoms with E-state index in [0.717, 1.165) is 28.1 Å². The lowest BCUT2D eigenvalue weighted by molar-refractivity contribution is -0.111. The Balaban J connectivity index is 2.27. The molecule has 0 unspecified atom stereocenters. The van der Waals surface area contributed by atoms with Crippen LogP contribution in [0.4, 0.5) is 5.69 Å². The highest BCUT2D eigenvalue weighted by molar-refractivity contribution is 6.03. The lowest BCUT2D eigenvalue weighted by Gasteiger charge is -2.19. The van der Waals surface area contributed by atoms with Gasteiger partial charge in [0.05, 0.1) is 7.11 Å².